The van der Waals surface area contributed by atoms with Crippen molar-refractivity contribution in [2.45, 2.75) is 6.16 Å². The Bertz CT molecular complexity index is 373. The first-order valence-corrected chi connectivity index (χ1v) is 10.6. The van der Waals surface area contributed by atoms with Crippen LogP contribution in [0.15, 0.2) is 30.3 Å². The van der Waals surface area contributed by atoms with Gasteiger partial charge in [0.1, 0.15) is 0 Å². The van der Waals surface area contributed by atoms with Crippen LogP contribution >= 0.6 is 20.8 Å². The van der Waals surface area contributed by atoms with Crippen molar-refractivity contribution in [3.8, 4) is 0 Å². The number of amides is 1. The van der Waals surface area contributed by atoms with Crippen molar-refractivity contribution < 1.29 is 4.79 Å². The third-order valence-electron chi connectivity index (χ3n) is 2.31. The Morgan fingerprint density at radius 1 is 1.38 bits per heavy atom. The number of hydrogen-bond acceptors (Lipinski definition) is 2. The molecule has 1 amide bonds. The van der Waals surface area contributed by atoms with Gasteiger partial charge in [-0.3, -0.25) is 0 Å². The van der Waals surface area contributed by atoms with Crippen LogP contribution in [0.3, 0.4) is 0 Å². The second-order valence-electron chi connectivity index (χ2n) is 4.88. The van der Waals surface area contributed by atoms with Crippen LogP contribution in [0.5, 0.6) is 0 Å². The van der Waals surface area contributed by atoms with E-state index in [4.69, 9.17) is 5.84 Å². The van der Waals surface area contributed by atoms with Crippen LogP contribution < -0.4 is 11.3 Å². The van der Waals surface area contributed by atoms with Gasteiger partial charge in [0, 0.05) is 0 Å². The summed E-state index contributed by atoms with van der Waals surface area (Å²) in [5, 5.41) is -2.18. The normalized spacial score (nSPS) is 13.9. The fraction of sp³-hybridized carbons (Fsp3) is 0.364. The van der Waals surface area contributed by atoms with Crippen LogP contribution in [-0.2, 0) is 11.0 Å². The summed E-state index contributed by atoms with van der Waals surface area (Å²) in [5.41, 5.74) is 3.44. The summed E-state index contributed by atoms with van der Waals surface area (Å²) in [7, 11) is 0. The Hall–Kier alpha value is -0.440. The summed E-state index contributed by atoms with van der Waals surface area (Å²) in [6.07, 6.45) is 1.34. The fourth-order valence-electron chi connectivity index (χ4n) is 1.69. The molecule has 0 saturated carbocycles. The molecule has 3 N–H and O–H groups in total. The quantitative estimate of drug-likeness (QED) is 0.388. The minimum absolute atomic E-state index is 0.115. The van der Waals surface area contributed by atoms with Gasteiger partial charge in [0.05, 0.1) is 0 Å². The summed E-state index contributed by atoms with van der Waals surface area (Å²) >= 11 is 3.78. The number of hydrogen-bond donors (Lipinski definition) is 2. The zero-order valence-corrected chi connectivity index (χ0v) is 12.1. The Kier molecular flexibility index (Phi) is 4.11. The molecule has 0 bridgehead atoms. The molecule has 0 heterocycles. The van der Waals surface area contributed by atoms with Gasteiger partial charge in [-0.15, -0.1) is 0 Å². The zero-order chi connectivity index (χ0) is 12.3. The Balaban J connectivity index is 2.80. The zero-order valence-electron chi connectivity index (χ0n) is 9.61. The van der Waals surface area contributed by atoms with Crippen molar-refractivity contribution in [1.29, 1.82) is 0 Å². The molecule has 0 aromatic heterocycles. The van der Waals surface area contributed by atoms with E-state index in [-0.39, 0.29) is 5.91 Å². The summed E-state index contributed by atoms with van der Waals surface area (Å²) in [4.78, 5) is 11.4. The molecule has 0 aliphatic rings. The van der Waals surface area contributed by atoms with Gasteiger partial charge in [-0.25, -0.2) is 0 Å². The van der Waals surface area contributed by atoms with Gasteiger partial charge < -0.3 is 0 Å². The van der Waals surface area contributed by atoms with Crippen LogP contribution in [0.25, 0.3) is 0 Å². The van der Waals surface area contributed by atoms with E-state index in [9.17, 15) is 4.79 Å². The van der Waals surface area contributed by atoms with Gasteiger partial charge in [0.25, 0.3) is 0 Å². The summed E-state index contributed by atoms with van der Waals surface area (Å²) < 4.78 is 0. The molecule has 0 radical (unpaired) electrons. The van der Waals surface area contributed by atoms with Crippen molar-refractivity contribution in [3.63, 3.8) is 0 Å². The third-order valence-corrected chi connectivity index (χ3v) is 6.41. The second-order valence-corrected chi connectivity index (χ2v) is 17.8. The molecular weight excluding hydrogens is 287 g/mol. The molecule has 0 aliphatic carbocycles. The van der Waals surface area contributed by atoms with Crippen molar-refractivity contribution in [2.75, 3.05) is 19.5 Å². The number of hydrazine groups is 1. The van der Waals surface area contributed by atoms with E-state index in [1.54, 1.807) is 0 Å². The SMILES string of the molecule is CP(C)(Br)(CC(=O)NN)Cc1ccccc1. The molecule has 5 heteroatoms. The number of halogens is 1. The first-order valence-electron chi connectivity index (χ1n) is 5.06. The van der Waals surface area contributed by atoms with Crippen LogP contribution in [0.1, 0.15) is 5.56 Å². The van der Waals surface area contributed by atoms with Crippen molar-refractivity contribution in [1.82, 2.24) is 5.43 Å². The molecule has 16 heavy (non-hydrogen) atoms. The molecule has 0 fully saturated rings. The molecular formula is C11H18BrN2OP. The number of carbonyl (C=O) groups is 1. The molecule has 90 valence electrons. The number of benzene rings is 1. The number of nitrogens with one attached hydrogen (secondary N) is 1. The molecule has 0 saturated heterocycles. The van der Waals surface area contributed by atoms with E-state index >= 15 is 0 Å². The van der Waals surface area contributed by atoms with E-state index in [0.29, 0.717) is 6.16 Å². The summed E-state index contributed by atoms with van der Waals surface area (Å²) in [5.74, 6) is 5.02. The van der Waals surface area contributed by atoms with Crippen LogP contribution in [0, 0.1) is 0 Å². The van der Waals surface area contributed by atoms with Crippen molar-refractivity contribution in [3.05, 3.63) is 35.9 Å². The van der Waals surface area contributed by atoms with E-state index in [2.05, 4.69) is 46.4 Å². The Morgan fingerprint density at radius 2 is 1.94 bits per heavy atom. The number of nitrogens with two attached hydrogens (primary N) is 1. The summed E-state index contributed by atoms with van der Waals surface area (Å²) in [6.45, 7) is 4.27. The first-order chi connectivity index (χ1) is 7.30. The van der Waals surface area contributed by atoms with Gasteiger partial charge in [-0.1, -0.05) is 0 Å². The molecule has 1 rings (SSSR count). The van der Waals surface area contributed by atoms with Crippen LogP contribution in [0.4, 0.5) is 0 Å². The van der Waals surface area contributed by atoms with Crippen molar-refractivity contribution in [2.24, 2.45) is 5.84 Å². The molecule has 1 aromatic carbocycles. The van der Waals surface area contributed by atoms with Gasteiger partial charge in [0.15, 0.2) is 0 Å². The average molecular weight is 305 g/mol. The van der Waals surface area contributed by atoms with Gasteiger partial charge in [-0.05, 0) is 0 Å². The van der Waals surface area contributed by atoms with E-state index in [1.165, 1.54) is 5.56 Å². The maximum atomic E-state index is 11.4. The topological polar surface area (TPSA) is 55.1 Å². The molecule has 0 aliphatic heterocycles. The molecule has 0 atom stereocenters. The van der Waals surface area contributed by atoms with Crippen molar-refractivity contribution >= 4 is 26.7 Å². The fourth-order valence-corrected chi connectivity index (χ4v) is 5.67. The van der Waals surface area contributed by atoms with Gasteiger partial charge in [-0.2, -0.15) is 0 Å². The number of rotatable bonds is 4. The van der Waals surface area contributed by atoms with Gasteiger partial charge in [0.2, 0.25) is 0 Å². The summed E-state index contributed by atoms with van der Waals surface area (Å²) in [6, 6.07) is 10.2. The molecule has 0 spiro atoms. The predicted molar refractivity (Wildman–Crippen MR) is 75.0 cm³/mol. The van der Waals surface area contributed by atoms with Crippen LogP contribution in [-0.4, -0.2) is 25.4 Å². The van der Waals surface area contributed by atoms with Gasteiger partial charge >= 0.3 is 104 Å². The predicted octanol–water partition coefficient (Wildman–Crippen LogP) is 2.30. The maximum absolute atomic E-state index is 11.4. The minimum atomic E-state index is -2.18. The molecule has 0 unspecified atom stereocenters. The second kappa shape index (κ2) is 4.82. The van der Waals surface area contributed by atoms with E-state index in [1.807, 2.05) is 18.2 Å². The number of carbonyl (C=O) groups excluding carboxylic acids is 1. The Labute approximate surface area is 104 Å². The van der Waals surface area contributed by atoms with E-state index < -0.39 is 5.31 Å². The monoisotopic (exact) mass is 304 g/mol. The first kappa shape index (κ1) is 13.6. The molecule has 1 aromatic rings. The van der Waals surface area contributed by atoms with Crippen LogP contribution in [0.2, 0.25) is 0 Å². The molecule has 3 nitrogen and oxygen atoms in total. The van der Waals surface area contributed by atoms with E-state index in [0.717, 1.165) is 6.16 Å². The Morgan fingerprint density at radius 3 is 2.44 bits per heavy atom. The standard InChI is InChI=1S/C11H18BrN2OP/c1-16(2,12,9-11(15)14-13)8-10-6-4-3-5-7-10/h3-7H,8-9,13H2,1-2H3,(H,14,15). The third kappa shape index (κ3) is 4.60. The average Bonchev–Trinajstić information content (AvgIpc) is 2.16.